The van der Waals surface area contributed by atoms with Crippen LogP contribution in [0.3, 0.4) is 0 Å². The van der Waals surface area contributed by atoms with Crippen LogP contribution in [0, 0.1) is 0 Å². The number of rotatable bonds is 6. The Morgan fingerprint density at radius 3 is 1.28 bits per heavy atom. The van der Waals surface area contributed by atoms with Crippen LogP contribution in [-0.2, 0) is 4.79 Å². The van der Waals surface area contributed by atoms with Crippen LogP contribution in [0.15, 0.2) is 91.0 Å². The van der Waals surface area contributed by atoms with Crippen LogP contribution in [0.4, 0.5) is 0 Å². The van der Waals surface area contributed by atoms with Crippen molar-refractivity contribution in [1.29, 1.82) is 0 Å². The normalized spacial score (nSPS) is 11.7. The second kappa shape index (κ2) is 11.6. The second-order valence-electron chi connectivity index (χ2n) is 7.88. The van der Waals surface area contributed by atoms with Crippen molar-refractivity contribution in [3.05, 3.63) is 91.0 Å². The molecule has 3 aromatic carbocycles. The standard InChI is InChI=1S/C22H22GeO2.3CH3.Sn/c1-18(17-22(24)25)23(19-11-5-2-6-12-19,20-13-7-3-8-14-20)21-15-9-4-10-16-21;;;;/h2-16,18H,17H2,1H3,(H,24,25);3*1H3;/q;;;;+1/p-1. The number of carboxylic acid groups (broad SMARTS) is 1. The Bertz CT molecular complexity index is 768. The first-order valence-electron chi connectivity index (χ1n) is 10.0. The summed E-state index contributed by atoms with van der Waals surface area (Å²) in [6, 6.07) is 31.3. The molecule has 29 heavy (non-hydrogen) atoms. The average Bonchev–Trinajstić information content (AvgIpc) is 2.70. The summed E-state index contributed by atoms with van der Waals surface area (Å²) < 4.78 is 3.83. The Hall–Kier alpha value is -1.53. The zero-order valence-electron chi connectivity index (χ0n) is 17.8. The fraction of sp³-hybridized carbons (Fsp3) is 0.240. The third-order valence-corrected chi connectivity index (χ3v) is 16.3. The molecule has 0 spiro atoms. The average molecular weight is 554 g/mol. The molecule has 0 radical (unpaired) electrons. The van der Waals surface area contributed by atoms with Crippen molar-refractivity contribution in [2.75, 3.05) is 0 Å². The van der Waals surface area contributed by atoms with Crippen LogP contribution >= 0.6 is 0 Å². The van der Waals surface area contributed by atoms with Crippen LogP contribution in [0.1, 0.15) is 13.3 Å². The summed E-state index contributed by atoms with van der Waals surface area (Å²) in [4.78, 5) is 18.6. The van der Waals surface area contributed by atoms with Crippen molar-refractivity contribution in [3.63, 3.8) is 0 Å². The van der Waals surface area contributed by atoms with Gasteiger partial charge in [-0.2, -0.15) is 0 Å². The predicted molar refractivity (Wildman–Crippen MR) is 126 cm³/mol. The Morgan fingerprint density at radius 2 is 1.03 bits per heavy atom. The van der Waals surface area contributed by atoms with Crippen molar-refractivity contribution in [3.8, 4) is 0 Å². The number of carbonyl (C=O) groups is 1. The molecule has 0 heterocycles. The van der Waals surface area contributed by atoms with Crippen molar-refractivity contribution >= 4 is 52.2 Å². The maximum atomic E-state index is 11.5. The maximum absolute atomic E-state index is 11.5. The molecule has 0 fully saturated rings. The van der Waals surface area contributed by atoms with E-state index in [1.807, 2.05) is 54.6 Å². The molecule has 0 saturated heterocycles. The van der Waals surface area contributed by atoms with Gasteiger partial charge in [0, 0.05) is 0 Å². The van der Waals surface area contributed by atoms with Gasteiger partial charge in [0.05, 0.1) is 0 Å². The summed E-state index contributed by atoms with van der Waals surface area (Å²) in [5, 5.41) is 11.5. The molecule has 1 atom stereocenters. The summed E-state index contributed by atoms with van der Waals surface area (Å²) in [6.45, 7) is 2.07. The van der Waals surface area contributed by atoms with Gasteiger partial charge in [-0.25, -0.2) is 0 Å². The molecule has 0 aromatic heterocycles. The molecule has 0 saturated carbocycles. The Kier molecular flexibility index (Phi) is 9.50. The van der Waals surface area contributed by atoms with Crippen molar-refractivity contribution in [1.82, 2.24) is 0 Å². The van der Waals surface area contributed by atoms with Gasteiger partial charge in [-0.05, 0) is 0 Å². The number of carboxylic acids is 1. The molecule has 0 aliphatic rings. The number of carbonyl (C=O) groups excluding carboxylic acids is 1. The van der Waals surface area contributed by atoms with E-state index in [1.165, 1.54) is 13.2 Å². The summed E-state index contributed by atoms with van der Waals surface area (Å²) in [7, 11) is 0. The Labute approximate surface area is 185 Å². The van der Waals surface area contributed by atoms with E-state index in [-0.39, 0.29) is 11.2 Å². The molecular formula is C25H30GeO2Sn. The van der Waals surface area contributed by atoms with E-state index in [0.29, 0.717) is 0 Å². The number of aliphatic carboxylic acids is 1. The first-order chi connectivity index (χ1) is 13.9. The van der Waals surface area contributed by atoms with Gasteiger partial charge in [-0.3, -0.25) is 0 Å². The van der Waals surface area contributed by atoms with Crippen LogP contribution in [0.25, 0.3) is 0 Å². The topological polar surface area (TPSA) is 40.1 Å². The van der Waals surface area contributed by atoms with Crippen LogP contribution in [-0.4, -0.2) is 39.0 Å². The third kappa shape index (κ3) is 6.22. The molecule has 4 heteroatoms. The number of hydrogen-bond donors (Lipinski definition) is 0. The summed E-state index contributed by atoms with van der Waals surface area (Å²) in [6.07, 6.45) is 0.0681. The van der Waals surface area contributed by atoms with E-state index in [9.17, 15) is 9.90 Å². The zero-order valence-corrected chi connectivity index (χ0v) is 22.7. The van der Waals surface area contributed by atoms with Crippen molar-refractivity contribution in [2.24, 2.45) is 0 Å². The molecule has 0 N–H and O–H groups in total. The molecule has 0 amide bonds. The monoisotopic (exact) mass is 556 g/mol. The fourth-order valence-electron chi connectivity index (χ4n) is 3.86. The molecule has 0 bridgehead atoms. The van der Waals surface area contributed by atoms with Gasteiger partial charge < -0.3 is 0 Å². The van der Waals surface area contributed by atoms with Crippen LogP contribution in [0.5, 0.6) is 0 Å². The SMILES string of the molecule is C[CH](CC(=O)[O-])[Ge]([c]1ccccc1)([c]1ccccc1)[c]1ccccc1.[CH3][Sn+]([CH3])[CH3]. The fourth-order valence-corrected chi connectivity index (χ4v) is 15.1. The molecule has 3 aromatic rings. The molecule has 1 unspecified atom stereocenters. The number of benzene rings is 3. The van der Waals surface area contributed by atoms with E-state index in [1.54, 1.807) is 0 Å². The molecule has 150 valence electrons. The summed E-state index contributed by atoms with van der Waals surface area (Å²) >= 11 is -3.74. The molecule has 3 rings (SSSR count). The van der Waals surface area contributed by atoms with Gasteiger partial charge >= 0.3 is 186 Å². The Balaban J connectivity index is 0.000000687. The van der Waals surface area contributed by atoms with Crippen LogP contribution < -0.4 is 18.3 Å². The quantitative estimate of drug-likeness (QED) is 0.441. The van der Waals surface area contributed by atoms with Gasteiger partial charge in [0.25, 0.3) is 0 Å². The predicted octanol–water partition coefficient (Wildman–Crippen LogP) is 3.06. The molecule has 0 aliphatic carbocycles. The summed E-state index contributed by atoms with van der Waals surface area (Å²) in [5.41, 5.74) is 0. The van der Waals surface area contributed by atoms with Gasteiger partial charge in [-0.1, -0.05) is 0 Å². The molecule has 2 nitrogen and oxygen atoms in total. The molecule has 0 aliphatic heterocycles. The van der Waals surface area contributed by atoms with E-state index in [2.05, 4.69) is 58.1 Å². The minimum absolute atomic E-state index is 0.0113. The second-order valence-corrected chi connectivity index (χ2v) is 25.5. The summed E-state index contributed by atoms with van der Waals surface area (Å²) in [5.74, 6) is -0.981. The van der Waals surface area contributed by atoms with Crippen LogP contribution in [0.2, 0.25) is 19.6 Å². The first-order valence-corrected chi connectivity index (χ1v) is 22.9. The van der Waals surface area contributed by atoms with E-state index < -0.39 is 39.0 Å². The number of hydrogen-bond acceptors (Lipinski definition) is 2. The first kappa shape index (κ1) is 23.7. The molecular weight excluding hydrogens is 524 g/mol. The van der Waals surface area contributed by atoms with E-state index in [0.717, 1.165) is 0 Å². The third-order valence-electron chi connectivity index (χ3n) is 4.90. The van der Waals surface area contributed by atoms with Crippen molar-refractivity contribution < 1.29 is 9.90 Å². The van der Waals surface area contributed by atoms with Gasteiger partial charge in [0.1, 0.15) is 0 Å². The minimum atomic E-state index is -3.20. The van der Waals surface area contributed by atoms with Gasteiger partial charge in [0.2, 0.25) is 0 Å². The Morgan fingerprint density at radius 1 is 0.759 bits per heavy atom. The van der Waals surface area contributed by atoms with Gasteiger partial charge in [0.15, 0.2) is 0 Å². The van der Waals surface area contributed by atoms with E-state index in [4.69, 9.17) is 0 Å². The zero-order chi connectivity index (χ0) is 21.3. The van der Waals surface area contributed by atoms with Crippen molar-refractivity contribution in [2.45, 2.75) is 32.9 Å². The van der Waals surface area contributed by atoms with E-state index >= 15 is 0 Å². The van der Waals surface area contributed by atoms with Gasteiger partial charge in [-0.15, -0.1) is 0 Å².